The highest BCUT2D eigenvalue weighted by Crippen LogP contribution is 2.36. The van der Waals surface area contributed by atoms with Crippen molar-refractivity contribution in [1.82, 2.24) is 15.1 Å². The summed E-state index contributed by atoms with van der Waals surface area (Å²) in [6.45, 7) is 2.30. The fraction of sp³-hybridized carbons (Fsp3) is 0.353. The monoisotopic (exact) mass is 382 g/mol. The Bertz CT molecular complexity index is 875. The molecule has 1 aliphatic rings. The molecule has 144 valence electrons. The molecule has 1 amide bonds. The number of esters is 1. The van der Waals surface area contributed by atoms with Crippen molar-refractivity contribution >= 4 is 17.7 Å². The van der Waals surface area contributed by atoms with Gasteiger partial charge in [0.2, 0.25) is 0 Å². The number of fused-ring (bicyclic) bond motifs is 1. The zero-order chi connectivity index (χ0) is 19.8. The zero-order valence-corrected chi connectivity index (χ0v) is 14.6. The van der Waals surface area contributed by atoms with E-state index in [1.807, 2.05) is 0 Å². The summed E-state index contributed by atoms with van der Waals surface area (Å²) in [5, 5.41) is 8.85. The number of nitrogens with one attached hydrogen (secondary N) is 2. The van der Waals surface area contributed by atoms with E-state index in [4.69, 9.17) is 0 Å². The van der Waals surface area contributed by atoms with Crippen LogP contribution in [0.1, 0.15) is 44.9 Å². The molecule has 2 aromatic rings. The highest BCUT2D eigenvalue weighted by atomic mass is 19.4. The van der Waals surface area contributed by atoms with E-state index in [9.17, 15) is 22.8 Å². The number of rotatable bonds is 4. The maximum Gasteiger partial charge on any atom is 0.436 e. The highest BCUT2D eigenvalue weighted by molar-refractivity contribution is 6.00. The maximum atomic E-state index is 13.2. The van der Waals surface area contributed by atoms with E-state index in [1.165, 1.54) is 19.2 Å². The lowest BCUT2D eigenvalue weighted by atomic mass is 10.1. The number of amides is 1. The third-order valence-electron chi connectivity index (χ3n) is 4.24. The Morgan fingerprint density at radius 3 is 2.56 bits per heavy atom. The maximum absolute atomic E-state index is 13.2. The van der Waals surface area contributed by atoms with Crippen molar-refractivity contribution < 1.29 is 27.5 Å². The van der Waals surface area contributed by atoms with Crippen molar-refractivity contribution in [3.05, 3.63) is 46.6 Å². The van der Waals surface area contributed by atoms with Gasteiger partial charge < -0.3 is 15.4 Å². The number of hydrogen-bond acceptors (Lipinski definition) is 5. The van der Waals surface area contributed by atoms with Crippen molar-refractivity contribution in [2.75, 3.05) is 19.0 Å². The minimum absolute atomic E-state index is 0.0630. The lowest BCUT2D eigenvalue weighted by Gasteiger charge is -2.16. The number of alkyl halides is 3. The molecular formula is C17H17F3N4O3. The Balaban J connectivity index is 1.82. The summed E-state index contributed by atoms with van der Waals surface area (Å²) in [6, 6.07) is 5.65. The van der Waals surface area contributed by atoms with E-state index >= 15 is 0 Å². The van der Waals surface area contributed by atoms with Gasteiger partial charge in [-0.3, -0.25) is 4.79 Å². The Kier molecular flexibility index (Phi) is 4.81. The third kappa shape index (κ3) is 3.60. The number of methoxy groups -OCH3 is 1. The van der Waals surface area contributed by atoms with Gasteiger partial charge in [0.05, 0.1) is 25.3 Å². The second-order valence-electron chi connectivity index (χ2n) is 6.03. The molecule has 2 heterocycles. The molecule has 1 aromatic heterocycles. The number of benzene rings is 1. The van der Waals surface area contributed by atoms with Gasteiger partial charge in [-0.1, -0.05) is 12.1 Å². The third-order valence-corrected chi connectivity index (χ3v) is 4.24. The van der Waals surface area contributed by atoms with Gasteiger partial charge in [0.25, 0.3) is 5.91 Å². The lowest BCUT2D eigenvalue weighted by molar-refractivity contribution is -0.141. The Morgan fingerprint density at radius 1 is 1.30 bits per heavy atom. The minimum atomic E-state index is -4.74. The van der Waals surface area contributed by atoms with Gasteiger partial charge in [-0.15, -0.1) is 0 Å². The van der Waals surface area contributed by atoms with Crippen LogP contribution in [0, 0.1) is 0 Å². The van der Waals surface area contributed by atoms with Crippen LogP contribution in [-0.2, 0) is 17.5 Å². The molecule has 1 aliphatic heterocycles. The molecule has 0 saturated carbocycles. The minimum Gasteiger partial charge on any atom is -0.465 e. The standard InChI is InChI=1S/C17H17F3N4O3/c1-9(10-3-5-11(6-4-10)16(26)27-2)22-15(25)12-13(17(18,19)20)23-24-8-7-21-14(12)24/h3-6,9,21H,7-8H2,1-2H3,(H,22,25). The first-order chi connectivity index (χ1) is 12.7. The smallest absolute Gasteiger partial charge is 0.436 e. The second kappa shape index (κ2) is 6.93. The Hall–Kier alpha value is -3.04. The molecule has 0 fully saturated rings. The first kappa shape index (κ1) is 18.7. The van der Waals surface area contributed by atoms with E-state index in [-0.39, 0.29) is 12.4 Å². The van der Waals surface area contributed by atoms with Crippen LogP contribution in [0.5, 0.6) is 0 Å². The number of ether oxygens (including phenoxy) is 1. The van der Waals surface area contributed by atoms with E-state index < -0.39 is 35.4 Å². The largest absolute Gasteiger partial charge is 0.465 e. The van der Waals surface area contributed by atoms with Crippen LogP contribution < -0.4 is 10.6 Å². The molecule has 1 aromatic carbocycles. The summed E-state index contributed by atoms with van der Waals surface area (Å²) in [6.07, 6.45) is -4.74. The summed E-state index contributed by atoms with van der Waals surface area (Å²) in [7, 11) is 1.26. The summed E-state index contributed by atoms with van der Waals surface area (Å²) < 4.78 is 45.5. The average molecular weight is 382 g/mol. The molecule has 27 heavy (non-hydrogen) atoms. The van der Waals surface area contributed by atoms with Crippen molar-refractivity contribution in [2.45, 2.75) is 25.7 Å². The van der Waals surface area contributed by atoms with Crippen molar-refractivity contribution in [1.29, 1.82) is 0 Å². The Morgan fingerprint density at radius 2 is 1.96 bits per heavy atom. The van der Waals surface area contributed by atoms with Gasteiger partial charge in [-0.25, -0.2) is 9.48 Å². The van der Waals surface area contributed by atoms with E-state index in [2.05, 4.69) is 20.5 Å². The summed E-state index contributed by atoms with van der Waals surface area (Å²) in [5.41, 5.74) is -0.771. The number of aromatic nitrogens is 2. The first-order valence-corrected chi connectivity index (χ1v) is 8.13. The summed E-state index contributed by atoms with van der Waals surface area (Å²) >= 11 is 0. The molecule has 0 spiro atoms. The number of carbonyl (C=O) groups excluding carboxylic acids is 2. The van der Waals surface area contributed by atoms with Crippen molar-refractivity contribution in [2.24, 2.45) is 0 Å². The van der Waals surface area contributed by atoms with Gasteiger partial charge >= 0.3 is 12.1 Å². The van der Waals surface area contributed by atoms with Crippen LogP contribution in [0.4, 0.5) is 19.0 Å². The second-order valence-corrected chi connectivity index (χ2v) is 6.03. The topological polar surface area (TPSA) is 85.2 Å². The fourth-order valence-corrected chi connectivity index (χ4v) is 2.87. The zero-order valence-electron chi connectivity index (χ0n) is 14.6. The molecule has 7 nitrogen and oxygen atoms in total. The summed E-state index contributed by atoms with van der Waals surface area (Å²) in [5.74, 6) is -1.31. The van der Waals surface area contributed by atoms with Crippen LogP contribution >= 0.6 is 0 Å². The molecule has 2 N–H and O–H groups in total. The van der Waals surface area contributed by atoms with Crippen LogP contribution in [-0.4, -0.2) is 35.3 Å². The van der Waals surface area contributed by atoms with Crippen LogP contribution in [0.25, 0.3) is 0 Å². The molecule has 10 heteroatoms. The Labute approximate surface area is 152 Å². The molecule has 3 rings (SSSR count). The molecule has 1 unspecified atom stereocenters. The van der Waals surface area contributed by atoms with Gasteiger partial charge in [-0.2, -0.15) is 18.3 Å². The number of nitrogens with zero attached hydrogens (tertiary/aromatic N) is 2. The summed E-state index contributed by atoms with van der Waals surface area (Å²) in [4.78, 5) is 24.0. The number of hydrogen-bond donors (Lipinski definition) is 2. The molecule has 0 bridgehead atoms. The molecule has 0 saturated heterocycles. The van der Waals surface area contributed by atoms with Gasteiger partial charge in [0.15, 0.2) is 5.69 Å². The van der Waals surface area contributed by atoms with Gasteiger partial charge in [0, 0.05) is 6.54 Å². The molecule has 0 aliphatic carbocycles. The molecule has 0 radical (unpaired) electrons. The van der Waals surface area contributed by atoms with Crippen molar-refractivity contribution in [3.8, 4) is 0 Å². The molecule has 1 atom stereocenters. The van der Waals surface area contributed by atoms with Gasteiger partial charge in [0.1, 0.15) is 11.4 Å². The molecular weight excluding hydrogens is 365 g/mol. The number of carbonyl (C=O) groups is 2. The first-order valence-electron chi connectivity index (χ1n) is 8.13. The quantitative estimate of drug-likeness (QED) is 0.794. The number of anilines is 1. The highest BCUT2D eigenvalue weighted by Gasteiger charge is 2.42. The average Bonchev–Trinajstić information content (AvgIpc) is 3.21. The van der Waals surface area contributed by atoms with Crippen LogP contribution in [0.15, 0.2) is 24.3 Å². The van der Waals surface area contributed by atoms with Crippen LogP contribution in [0.2, 0.25) is 0 Å². The van der Waals surface area contributed by atoms with Crippen LogP contribution in [0.3, 0.4) is 0 Å². The number of halogens is 3. The predicted octanol–water partition coefficient (Wildman–Crippen LogP) is 2.61. The van der Waals surface area contributed by atoms with Crippen molar-refractivity contribution in [3.63, 3.8) is 0 Å². The van der Waals surface area contributed by atoms with E-state index in [1.54, 1.807) is 19.1 Å². The predicted molar refractivity (Wildman–Crippen MR) is 89.4 cm³/mol. The van der Waals surface area contributed by atoms with Gasteiger partial charge in [-0.05, 0) is 24.6 Å². The fourth-order valence-electron chi connectivity index (χ4n) is 2.87. The van der Waals surface area contributed by atoms with E-state index in [0.717, 1.165) is 4.68 Å². The lowest BCUT2D eigenvalue weighted by Crippen LogP contribution is -2.29. The SMILES string of the molecule is COC(=O)c1ccc(C(C)NC(=O)c2c(C(F)(F)F)nn3c2NCC3)cc1. The van der Waals surface area contributed by atoms with E-state index in [0.29, 0.717) is 17.7 Å². The normalized spacial score (nSPS) is 14.3.